The van der Waals surface area contributed by atoms with Crippen molar-refractivity contribution in [1.82, 2.24) is 10.2 Å². The normalized spacial score (nSPS) is 21.1. The maximum absolute atomic E-state index is 12.0. The molecule has 6 heteroatoms. The van der Waals surface area contributed by atoms with Crippen molar-refractivity contribution in [2.45, 2.75) is 46.1 Å². The van der Waals surface area contributed by atoms with Gasteiger partial charge >= 0.3 is 5.97 Å². The van der Waals surface area contributed by atoms with Crippen LogP contribution >= 0.6 is 12.4 Å². The molecule has 0 bridgehead atoms. The number of hydrogen-bond acceptors (Lipinski definition) is 3. The molecule has 0 spiro atoms. The van der Waals surface area contributed by atoms with E-state index >= 15 is 0 Å². The number of nitrogens with zero attached hydrogens (tertiary/aromatic N) is 1. The van der Waals surface area contributed by atoms with Crippen molar-refractivity contribution >= 4 is 24.3 Å². The van der Waals surface area contributed by atoms with E-state index < -0.39 is 5.97 Å². The van der Waals surface area contributed by atoms with Gasteiger partial charge in [-0.15, -0.1) is 12.4 Å². The average molecular weight is 307 g/mol. The molecule has 1 rings (SSSR count). The van der Waals surface area contributed by atoms with Crippen LogP contribution in [-0.4, -0.2) is 47.6 Å². The lowest BCUT2D eigenvalue weighted by Gasteiger charge is -2.34. The molecule has 1 amide bonds. The van der Waals surface area contributed by atoms with Gasteiger partial charge in [-0.1, -0.05) is 13.8 Å². The van der Waals surface area contributed by atoms with Gasteiger partial charge in [0.25, 0.3) is 0 Å². The van der Waals surface area contributed by atoms with Crippen LogP contribution in [0.25, 0.3) is 0 Å². The van der Waals surface area contributed by atoms with Crippen molar-refractivity contribution in [2.24, 2.45) is 11.8 Å². The highest BCUT2D eigenvalue weighted by molar-refractivity contribution is 5.85. The molecule has 0 aromatic heterocycles. The van der Waals surface area contributed by atoms with Gasteiger partial charge in [-0.25, -0.2) is 0 Å². The van der Waals surface area contributed by atoms with E-state index in [4.69, 9.17) is 5.11 Å². The van der Waals surface area contributed by atoms with E-state index in [1.54, 1.807) is 0 Å². The minimum absolute atomic E-state index is 0. The summed E-state index contributed by atoms with van der Waals surface area (Å²) in [6.45, 7) is 8.08. The maximum Gasteiger partial charge on any atom is 0.307 e. The highest BCUT2D eigenvalue weighted by Crippen LogP contribution is 2.18. The van der Waals surface area contributed by atoms with E-state index in [9.17, 15) is 9.59 Å². The zero-order chi connectivity index (χ0) is 14.4. The maximum atomic E-state index is 12.0. The largest absolute Gasteiger partial charge is 0.481 e. The lowest BCUT2D eigenvalue weighted by atomic mass is 9.97. The minimum Gasteiger partial charge on any atom is -0.481 e. The number of aliphatic carboxylic acids is 1. The summed E-state index contributed by atoms with van der Waals surface area (Å²) in [7, 11) is 0. The van der Waals surface area contributed by atoms with Crippen LogP contribution in [0.4, 0.5) is 0 Å². The zero-order valence-corrected chi connectivity index (χ0v) is 13.4. The SMILES string of the molecule is CC(C)CCNC(=O)C(C)N1CCCC(C(=O)O)C1.Cl. The summed E-state index contributed by atoms with van der Waals surface area (Å²) < 4.78 is 0. The van der Waals surface area contributed by atoms with Gasteiger partial charge in [0.05, 0.1) is 12.0 Å². The van der Waals surface area contributed by atoms with Gasteiger partial charge < -0.3 is 10.4 Å². The number of rotatable bonds is 6. The van der Waals surface area contributed by atoms with Crippen LogP contribution in [0, 0.1) is 11.8 Å². The van der Waals surface area contributed by atoms with Crippen LogP contribution in [0.5, 0.6) is 0 Å². The number of likely N-dealkylation sites (tertiary alicyclic amines) is 1. The molecule has 5 nitrogen and oxygen atoms in total. The molecular formula is C14H27ClN2O3. The molecule has 0 aliphatic carbocycles. The van der Waals surface area contributed by atoms with Crippen molar-refractivity contribution in [3.63, 3.8) is 0 Å². The molecule has 1 aliphatic rings. The fourth-order valence-corrected chi connectivity index (χ4v) is 2.36. The van der Waals surface area contributed by atoms with Gasteiger partial charge in [0.15, 0.2) is 0 Å². The number of carbonyl (C=O) groups is 2. The quantitative estimate of drug-likeness (QED) is 0.784. The van der Waals surface area contributed by atoms with Crippen molar-refractivity contribution in [1.29, 1.82) is 0 Å². The zero-order valence-electron chi connectivity index (χ0n) is 12.6. The van der Waals surface area contributed by atoms with E-state index in [0.29, 0.717) is 25.4 Å². The Morgan fingerprint density at radius 1 is 1.35 bits per heavy atom. The first-order chi connectivity index (χ1) is 8.91. The van der Waals surface area contributed by atoms with E-state index in [0.717, 1.165) is 19.4 Å². The molecular weight excluding hydrogens is 280 g/mol. The molecule has 1 fully saturated rings. The Hall–Kier alpha value is -0.810. The minimum atomic E-state index is -0.753. The fraction of sp³-hybridized carbons (Fsp3) is 0.857. The van der Waals surface area contributed by atoms with Gasteiger partial charge in [0.1, 0.15) is 0 Å². The molecule has 2 unspecified atom stereocenters. The summed E-state index contributed by atoms with van der Waals surface area (Å²) in [5, 5.41) is 12.0. The Bertz CT molecular complexity index is 324. The summed E-state index contributed by atoms with van der Waals surface area (Å²) in [6.07, 6.45) is 2.53. The molecule has 0 saturated carbocycles. The van der Waals surface area contributed by atoms with Gasteiger partial charge in [0, 0.05) is 13.1 Å². The van der Waals surface area contributed by atoms with E-state index in [1.165, 1.54) is 0 Å². The molecule has 2 atom stereocenters. The molecule has 0 aromatic rings. The predicted molar refractivity (Wildman–Crippen MR) is 81.1 cm³/mol. The standard InChI is InChI=1S/C14H26N2O3.ClH/c1-10(2)6-7-15-13(17)11(3)16-8-4-5-12(9-16)14(18)19;/h10-12H,4-9H2,1-3H3,(H,15,17)(H,18,19);1H. The summed E-state index contributed by atoms with van der Waals surface area (Å²) >= 11 is 0. The molecule has 2 N–H and O–H groups in total. The summed E-state index contributed by atoms with van der Waals surface area (Å²) in [5.41, 5.74) is 0. The van der Waals surface area contributed by atoms with Crippen LogP contribution in [-0.2, 0) is 9.59 Å². The van der Waals surface area contributed by atoms with Crippen LogP contribution in [0.3, 0.4) is 0 Å². The van der Waals surface area contributed by atoms with Gasteiger partial charge in [-0.2, -0.15) is 0 Å². The molecule has 0 aromatic carbocycles. The Morgan fingerprint density at radius 3 is 2.55 bits per heavy atom. The average Bonchev–Trinajstić information content (AvgIpc) is 2.37. The second-order valence-corrected chi connectivity index (χ2v) is 5.82. The van der Waals surface area contributed by atoms with Crippen LogP contribution in [0.1, 0.15) is 40.0 Å². The van der Waals surface area contributed by atoms with Crippen LogP contribution in [0.2, 0.25) is 0 Å². The second-order valence-electron chi connectivity index (χ2n) is 5.82. The summed E-state index contributed by atoms with van der Waals surface area (Å²) in [4.78, 5) is 25.0. The lowest BCUT2D eigenvalue weighted by molar-refractivity contribution is -0.145. The van der Waals surface area contributed by atoms with Crippen molar-refractivity contribution in [2.75, 3.05) is 19.6 Å². The Labute approximate surface area is 127 Å². The Balaban J connectivity index is 0.00000361. The summed E-state index contributed by atoms with van der Waals surface area (Å²) in [6, 6.07) is -0.241. The van der Waals surface area contributed by atoms with Gasteiger partial charge in [-0.05, 0) is 38.6 Å². The molecule has 20 heavy (non-hydrogen) atoms. The molecule has 1 saturated heterocycles. The Morgan fingerprint density at radius 2 is 2.00 bits per heavy atom. The van der Waals surface area contributed by atoms with E-state index in [-0.39, 0.29) is 30.3 Å². The summed E-state index contributed by atoms with van der Waals surface area (Å²) in [5.74, 6) is -0.509. The van der Waals surface area contributed by atoms with Gasteiger partial charge in [0.2, 0.25) is 5.91 Å². The third kappa shape index (κ3) is 6.09. The number of halogens is 1. The lowest BCUT2D eigenvalue weighted by Crippen LogP contribution is -2.50. The molecule has 118 valence electrons. The highest BCUT2D eigenvalue weighted by Gasteiger charge is 2.30. The molecule has 0 radical (unpaired) electrons. The van der Waals surface area contributed by atoms with E-state index in [1.807, 2.05) is 11.8 Å². The topological polar surface area (TPSA) is 69.6 Å². The number of carbonyl (C=O) groups excluding carboxylic acids is 1. The van der Waals surface area contributed by atoms with Crippen LogP contribution < -0.4 is 5.32 Å². The van der Waals surface area contributed by atoms with E-state index in [2.05, 4.69) is 19.2 Å². The number of piperidine rings is 1. The monoisotopic (exact) mass is 306 g/mol. The molecule has 1 aliphatic heterocycles. The Kier molecular flexibility index (Phi) is 8.81. The number of nitrogens with one attached hydrogen (secondary N) is 1. The van der Waals surface area contributed by atoms with Crippen molar-refractivity contribution in [3.05, 3.63) is 0 Å². The highest BCUT2D eigenvalue weighted by atomic mass is 35.5. The van der Waals surface area contributed by atoms with Crippen molar-refractivity contribution < 1.29 is 14.7 Å². The number of amides is 1. The number of carboxylic acids is 1. The third-order valence-corrected chi connectivity index (χ3v) is 3.75. The second kappa shape index (κ2) is 9.19. The third-order valence-electron chi connectivity index (χ3n) is 3.75. The van der Waals surface area contributed by atoms with Crippen molar-refractivity contribution in [3.8, 4) is 0 Å². The smallest absolute Gasteiger partial charge is 0.307 e. The van der Waals surface area contributed by atoms with Gasteiger partial charge in [-0.3, -0.25) is 14.5 Å². The predicted octanol–water partition coefficient (Wildman–Crippen LogP) is 1.76. The fourth-order valence-electron chi connectivity index (χ4n) is 2.36. The number of hydrogen-bond donors (Lipinski definition) is 2. The molecule has 1 heterocycles. The van der Waals surface area contributed by atoms with Crippen LogP contribution in [0.15, 0.2) is 0 Å². The first-order valence-electron chi connectivity index (χ1n) is 7.16. The first-order valence-corrected chi connectivity index (χ1v) is 7.16. The first kappa shape index (κ1) is 19.2. The number of carboxylic acid groups (broad SMARTS) is 1.